The van der Waals surface area contributed by atoms with Crippen LogP contribution < -0.4 is 10.2 Å². The van der Waals surface area contributed by atoms with Crippen LogP contribution in [-0.4, -0.2) is 31.2 Å². The average molecular weight is 247 g/mol. The zero-order chi connectivity index (χ0) is 13.0. The van der Waals surface area contributed by atoms with E-state index in [1.807, 2.05) is 13.1 Å². The standard InChI is InChI=1S/C15H25N3/c1-12(2)8-16-9-14-6-7-18(11-14)15-5-4-13(3)17-10-15/h4-5,10,12,14,16H,6-9,11H2,1-3H3. The predicted molar refractivity (Wildman–Crippen MR) is 77.0 cm³/mol. The fourth-order valence-electron chi connectivity index (χ4n) is 2.46. The molecule has 1 atom stereocenters. The topological polar surface area (TPSA) is 28.2 Å². The Morgan fingerprint density at radius 3 is 2.94 bits per heavy atom. The minimum Gasteiger partial charge on any atom is -0.370 e. The van der Waals surface area contributed by atoms with Crippen LogP contribution in [0.2, 0.25) is 0 Å². The summed E-state index contributed by atoms with van der Waals surface area (Å²) in [5.74, 6) is 1.52. The number of pyridine rings is 1. The van der Waals surface area contributed by atoms with Crippen molar-refractivity contribution in [3.63, 3.8) is 0 Å². The second kappa shape index (κ2) is 6.19. The van der Waals surface area contributed by atoms with Gasteiger partial charge >= 0.3 is 0 Å². The van der Waals surface area contributed by atoms with Gasteiger partial charge in [0, 0.05) is 18.8 Å². The molecule has 3 nitrogen and oxygen atoms in total. The van der Waals surface area contributed by atoms with Gasteiger partial charge in [0.25, 0.3) is 0 Å². The first-order chi connectivity index (χ1) is 8.65. The summed E-state index contributed by atoms with van der Waals surface area (Å²) >= 11 is 0. The zero-order valence-electron chi connectivity index (χ0n) is 11.8. The average Bonchev–Trinajstić information content (AvgIpc) is 2.78. The van der Waals surface area contributed by atoms with Crippen molar-refractivity contribution < 1.29 is 0 Å². The van der Waals surface area contributed by atoms with Crippen molar-refractivity contribution in [3.05, 3.63) is 24.0 Å². The predicted octanol–water partition coefficient (Wildman–Crippen LogP) is 2.46. The summed E-state index contributed by atoms with van der Waals surface area (Å²) in [5.41, 5.74) is 2.36. The van der Waals surface area contributed by atoms with E-state index >= 15 is 0 Å². The summed E-state index contributed by atoms with van der Waals surface area (Å²) in [4.78, 5) is 6.83. The van der Waals surface area contributed by atoms with E-state index in [9.17, 15) is 0 Å². The number of hydrogen-bond donors (Lipinski definition) is 1. The van der Waals surface area contributed by atoms with E-state index in [-0.39, 0.29) is 0 Å². The van der Waals surface area contributed by atoms with Crippen molar-refractivity contribution in [3.8, 4) is 0 Å². The van der Waals surface area contributed by atoms with Gasteiger partial charge in [0.2, 0.25) is 0 Å². The van der Waals surface area contributed by atoms with Crippen LogP contribution in [0.3, 0.4) is 0 Å². The zero-order valence-corrected chi connectivity index (χ0v) is 11.8. The van der Waals surface area contributed by atoms with Gasteiger partial charge in [-0.2, -0.15) is 0 Å². The molecule has 0 amide bonds. The molecule has 0 aromatic carbocycles. The normalized spacial score (nSPS) is 19.8. The van der Waals surface area contributed by atoms with E-state index in [1.54, 1.807) is 0 Å². The number of nitrogens with one attached hydrogen (secondary N) is 1. The fourth-order valence-corrected chi connectivity index (χ4v) is 2.46. The van der Waals surface area contributed by atoms with E-state index in [4.69, 9.17) is 0 Å². The molecule has 0 spiro atoms. The molecule has 2 rings (SSSR count). The highest BCUT2D eigenvalue weighted by Gasteiger charge is 2.22. The number of aryl methyl sites for hydroxylation is 1. The van der Waals surface area contributed by atoms with Gasteiger partial charge in [0.1, 0.15) is 0 Å². The highest BCUT2D eigenvalue weighted by Crippen LogP contribution is 2.22. The molecule has 1 aromatic heterocycles. The van der Waals surface area contributed by atoms with E-state index in [2.05, 4.69) is 41.2 Å². The maximum Gasteiger partial charge on any atom is 0.0553 e. The molecular weight excluding hydrogens is 222 g/mol. The summed E-state index contributed by atoms with van der Waals surface area (Å²) in [5, 5.41) is 3.57. The van der Waals surface area contributed by atoms with Gasteiger partial charge in [0.15, 0.2) is 0 Å². The molecule has 1 unspecified atom stereocenters. The number of aromatic nitrogens is 1. The monoisotopic (exact) mass is 247 g/mol. The minimum atomic E-state index is 0.740. The maximum atomic E-state index is 4.38. The number of anilines is 1. The van der Waals surface area contributed by atoms with Gasteiger partial charge in [-0.25, -0.2) is 0 Å². The van der Waals surface area contributed by atoms with Crippen LogP contribution in [0.25, 0.3) is 0 Å². The van der Waals surface area contributed by atoms with Crippen LogP contribution in [0.5, 0.6) is 0 Å². The molecule has 18 heavy (non-hydrogen) atoms. The van der Waals surface area contributed by atoms with Gasteiger partial charge in [-0.15, -0.1) is 0 Å². The number of rotatable bonds is 5. The SMILES string of the molecule is Cc1ccc(N2CCC(CNCC(C)C)C2)cn1. The van der Waals surface area contributed by atoms with Crippen LogP contribution in [0.1, 0.15) is 26.0 Å². The van der Waals surface area contributed by atoms with E-state index in [0.717, 1.165) is 37.2 Å². The molecule has 1 fully saturated rings. The third-order valence-electron chi connectivity index (χ3n) is 3.53. The maximum absolute atomic E-state index is 4.38. The second-order valence-electron chi connectivity index (χ2n) is 5.81. The Hall–Kier alpha value is -1.09. The first kappa shape index (κ1) is 13.3. The first-order valence-electron chi connectivity index (χ1n) is 7.03. The molecule has 100 valence electrons. The minimum absolute atomic E-state index is 0.740. The van der Waals surface area contributed by atoms with Crippen LogP contribution in [0.15, 0.2) is 18.3 Å². The molecule has 0 radical (unpaired) electrons. The third kappa shape index (κ3) is 3.70. The lowest BCUT2D eigenvalue weighted by atomic mass is 10.1. The second-order valence-corrected chi connectivity index (χ2v) is 5.81. The molecule has 1 N–H and O–H groups in total. The smallest absolute Gasteiger partial charge is 0.0553 e. The van der Waals surface area contributed by atoms with E-state index in [0.29, 0.717) is 0 Å². The molecule has 0 saturated carbocycles. The van der Waals surface area contributed by atoms with Crippen LogP contribution >= 0.6 is 0 Å². The van der Waals surface area contributed by atoms with Crippen molar-refractivity contribution >= 4 is 5.69 Å². The van der Waals surface area contributed by atoms with Crippen LogP contribution in [-0.2, 0) is 0 Å². The lowest BCUT2D eigenvalue weighted by Crippen LogP contribution is -2.28. The summed E-state index contributed by atoms with van der Waals surface area (Å²) in [6.07, 6.45) is 3.29. The summed E-state index contributed by atoms with van der Waals surface area (Å²) < 4.78 is 0. The van der Waals surface area contributed by atoms with Gasteiger partial charge in [-0.1, -0.05) is 13.8 Å². The largest absolute Gasteiger partial charge is 0.370 e. The summed E-state index contributed by atoms with van der Waals surface area (Å²) in [6.45, 7) is 11.1. The van der Waals surface area contributed by atoms with E-state index < -0.39 is 0 Å². The molecule has 3 heteroatoms. The Labute approximate surface area is 111 Å². The number of nitrogens with zero attached hydrogens (tertiary/aromatic N) is 2. The van der Waals surface area contributed by atoms with Crippen LogP contribution in [0.4, 0.5) is 5.69 Å². The fraction of sp³-hybridized carbons (Fsp3) is 0.667. The third-order valence-corrected chi connectivity index (χ3v) is 3.53. The Balaban J connectivity index is 1.79. The van der Waals surface area contributed by atoms with Crippen molar-refractivity contribution in [1.82, 2.24) is 10.3 Å². The van der Waals surface area contributed by atoms with Gasteiger partial charge in [-0.3, -0.25) is 4.98 Å². The Morgan fingerprint density at radius 2 is 2.28 bits per heavy atom. The summed E-state index contributed by atoms with van der Waals surface area (Å²) in [7, 11) is 0. The van der Waals surface area contributed by atoms with Crippen molar-refractivity contribution in [2.24, 2.45) is 11.8 Å². The molecule has 1 aliphatic rings. The molecule has 1 aromatic rings. The van der Waals surface area contributed by atoms with E-state index in [1.165, 1.54) is 18.7 Å². The Morgan fingerprint density at radius 1 is 1.44 bits per heavy atom. The van der Waals surface area contributed by atoms with Crippen molar-refractivity contribution in [2.45, 2.75) is 27.2 Å². The van der Waals surface area contributed by atoms with Crippen molar-refractivity contribution in [2.75, 3.05) is 31.1 Å². The van der Waals surface area contributed by atoms with Gasteiger partial charge < -0.3 is 10.2 Å². The molecule has 0 aliphatic carbocycles. The molecule has 1 aliphatic heterocycles. The molecular formula is C15H25N3. The lowest BCUT2D eigenvalue weighted by molar-refractivity contribution is 0.477. The number of hydrogen-bond acceptors (Lipinski definition) is 3. The Kier molecular flexibility index (Phi) is 4.59. The molecule has 0 bridgehead atoms. The lowest BCUT2D eigenvalue weighted by Gasteiger charge is -2.18. The highest BCUT2D eigenvalue weighted by molar-refractivity contribution is 5.45. The first-order valence-corrected chi connectivity index (χ1v) is 7.03. The van der Waals surface area contributed by atoms with Crippen molar-refractivity contribution in [1.29, 1.82) is 0 Å². The summed E-state index contributed by atoms with van der Waals surface area (Å²) in [6, 6.07) is 4.28. The quantitative estimate of drug-likeness (QED) is 0.866. The van der Waals surface area contributed by atoms with Gasteiger partial charge in [-0.05, 0) is 50.4 Å². The molecule has 1 saturated heterocycles. The van der Waals surface area contributed by atoms with Crippen LogP contribution in [0, 0.1) is 18.8 Å². The highest BCUT2D eigenvalue weighted by atomic mass is 15.2. The Bertz CT molecular complexity index is 359. The van der Waals surface area contributed by atoms with Gasteiger partial charge in [0.05, 0.1) is 11.9 Å². The molecule has 2 heterocycles.